The summed E-state index contributed by atoms with van der Waals surface area (Å²) >= 11 is 0. The summed E-state index contributed by atoms with van der Waals surface area (Å²) in [5.41, 5.74) is 2.09. The van der Waals surface area contributed by atoms with Crippen LogP contribution in [0.1, 0.15) is 23.6 Å². The normalized spacial score (nSPS) is 10.7. The molecule has 0 amide bonds. The number of aromatic nitrogens is 2. The van der Waals surface area contributed by atoms with Crippen LogP contribution in [-0.4, -0.2) is 30.8 Å². The number of pyridine rings is 1. The number of benzene rings is 1. The molecule has 1 aromatic carbocycles. The van der Waals surface area contributed by atoms with Crippen LogP contribution >= 0.6 is 0 Å². The van der Waals surface area contributed by atoms with E-state index in [0.29, 0.717) is 17.2 Å². The van der Waals surface area contributed by atoms with Gasteiger partial charge in [0, 0.05) is 23.9 Å². The van der Waals surface area contributed by atoms with Crippen molar-refractivity contribution in [3.8, 4) is 23.4 Å². The van der Waals surface area contributed by atoms with Gasteiger partial charge in [0.15, 0.2) is 11.8 Å². The minimum Gasteiger partial charge on any atom is -0.494 e. The first-order valence-corrected chi connectivity index (χ1v) is 8.50. The van der Waals surface area contributed by atoms with E-state index in [-0.39, 0.29) is 30.3 Å². The number of carboxylic acid groups (broad SMARTS) is 1. The molecule has 0 bridgehead atoms. The number of rotatable bonds is 7. The number of carbonyl (C=O) groups is 1. The van der Waals surface area contributed by atoms with Crippen LogP contribution in [0.2, 0.25) is 0 Å². The van der Waals surface area contributed by atoms with Gasteiger partial charge in [-0.2, -0.15) is 0 Å². The molecule has 0 unspecified atom stereocenters. The maximum atomic E-state index is 10.8. The average molecular weight is 368 g/mol. The van der Waals surface area contributed by atoms with Crippen molar-refractivity contribution >= 4 is 5.97 Å². The van der Waals surface area contributed by atoms with E-state index in [1.807, 2.05) is 24.3 Å². The molecule has 27 heavy (non-hydrogen) atoms. The van der Waals surface area contributed by atoms with Crippen LogP contribution < -0.4 is 4.74 Å². The third-order valence-corrected chi connectivity index (χ3v) is 4.16. The molecule has 7 heteroatoms. The summed E-state index contributed by atoms with van der Waals surface area (Å²) in [4.78, 5) is 15.0. The molecule has 2 aromatic heterocycles. The third kappa shape index (κ3) is 4.38. The van der Waals surface area contributed by atoms with Crippen molar-refractivity contribution in [2.75, 3.05) is 0 Å². The number of hydrogen-bond donors (Lipinski definition) is 3. The summed E-state index contributed by atoms with van der Waals surface area (Å²) in [6.07, 6.45) is 2.17. The van der Waals surface area contributed by atoms with E-state index in [4.69, 9.17) is 9.84 Å². The molecule has 7 nitrogen and oxygen atoms in total. The Bertz CT molecular complexity index is 930. The van der Waals surface area contributed by atoms with Gasteiger partial charge >= 0.3 is 5.97 Å². The molecule has 3 aromatic rings. The van der Waals surface area contributed by atoms with Crippen LogP contribution in [-0.2, 0) is 24.2 Å². The molecule has 0 aliphatic carbocycles. The van der Waals surface area contributed by atoms with Gasteiger partial charge in [-0.3, -0.25) is 9.36 Å². The van der Waals surface area contributed by atoms with Crippen LogP contribution in [0.15, 0.2) is 48.7 Å². The van der Waals surface area contributed by atoms with Crippen LogP contribution in [0.3, 0.4) is 0 Å². The lowest BCUT2D eigenvalue weighted by Gasteiger charge is -2.09. The van der Waals surface area contributed by atoms with E-state index in [9.17, 15) is 15.0 Å². The zero-order chi connectivity index (χ0) is 19.4. The van der Waals surface area contributed by atoms with E-state index in [0.717, 1.165) is 6.42 Å². The van der Waals surface area contributed by atoms with Gasteiger partial charge in [-0.05, 0) is 29.7 Å². The monoisotopic (exact) mass is 368 g/mol. The Morgan fingerprint density at radius 3 is 2.41 bits per heavy atom. The summed E-state index contributed by atoms with van der Waals surface area (Å²) in [6, 6.07) is 12.5. The molecule has 0 saturated heterocycles. The molecule has 0 atom stereocenters. The molecule has 0 fully saturated rings. The molecular formula is C20H20N2O5. The molecule has 0 radical (unpaired) electrons. The van der Waals surface area contributed by atoms with Crippen molar-refractivity contribution < 1.29 is 24.9 Å². The molecule has 0 saturated carbocycles. The van der Waals surface area contributed by atoms with Gasteiger partial charge in [0.1, 0.15) is 5.75 Å². The molecule has 3 N–H and O–H groups in total. The molecule has 0 spiro atoms. The van der Waals surface area contributed by atoms with Gasteiger partial charge in [0.25, 0.3) is 0 Å². The number of aromatic hydroxyl groups is 2. The molecular weight excluding hydrogens is 348 g/mol. The second-order valence-electron chi connectivity index (χ2n) is 6.11. The zero-order valence-electron chi connectivity index (χ0n) is 14.8. The number of aryl methyl sites for hydroxylation is 1. The molecule has 0 aliphatic heterocycles. The summed E-state index contributed by atoms with van der Waals surface area (Å²) in [5, 5.41) is 28.9. The van der Waals surface area contributed by atoms with E-state index in [2.05, 4.69) is 11.9 Å². The molecule has 2 heterocycles. The van der Waals surface area contributed by atoms with Crippen molar-refractivity contribution in [3.05, 3.63) is 65.4 Å². The summed E-state index contributed by atoms with van der Waals surface area (Å²) in [7, 11) is 0. The Morgan fingerprint density at radius 2 is 1.81 bits per heavy atom. The van der Waals surface area contributed by atoms with E-state index in [1.165, 1.54) is 16.2 Å². The smallest absolute Gasteiger partial charge is 0.308 e. The first kappa shape index (κ1) is 18.3. The van der Waals surface area contributed by atoms with Crippen LogP contribution in [0.25, 0.3) is 0 Å². The standard InChI is InChI=1S/C20H20N2O5/c1-2-13-3-6-16(7-4-13)27-17-8-5-14(11-21-17)12-22-18(23)9-15(20(22)26)10-19(24)25/h3-9,11,23,26H,2,10,12H2,1H3,(H,24,25). The van der Waals surface area contributed by atoms with Crippen molar-refractivity contribution in [3.63, 3.8) is 0 Å². The highest BCUT2D eigenvalue weighted by Gasteiger charge is 2.16. The van der Waals surface area contributed by atoms with Crippen LogP contribution in [0.4, 0.5) is 0 Å². The second kappa shape index (κ2) is 7.82. The SMILES string of the molecule is CCc1ccc(Oc2ccc(Cn3c(O)cc(CC(=O)O)c3O)cn2)cc1. The highest BCUT2D eigenvalue weighted by Crippen LogP contribution is 2.29. The van der Waals surface area contributed by atoms with Crippen molar-refractivity contribution in [1.82, 2.24) is 9.55 Å². The van der Waals surface area contributed by atoms with Gasteiger partial charge in [-0.25, -0.2) is 4.98 Å². The van der Waals surface area contributed by atoms with Crippen molar-refractivity contribution in [2.24, 2.45) is 0 Å². The van der Waals surface area contributed by atoms with Gasteiger partial charge in [0.05, 0.1) is 13.0 Å². The fraction of sp³-hybridized carbons (Fsp3) is 0.200. The molecule has 0 aliphatic rings. The zero-order valence-corrected chi connectivity index (χ0v) is 14.8. The number of carboxylic acids is 1. The summed E-state index contributed by atoms with van der Waals surface area (Å²) < 4.78 is 6.92. The largest absolute Gasteiger partial charge is 0.494 e. The lowest BCUT2D eigenvalue weighted by molar-refractivity contribution is -0.136. The second-order valence-corrected chi connectivity index (χ2v) is 6.11. The van der Waals surface area contributed by atoms with Crippen LogP contribution in [0, 0.1) is 0 Å². The third-order valence-electron chi connectivity index (χ3n) is 4.16. The quantitative estimate of drug-likeness (QED) is 0.591. The molecule has 3 rings (SSSR count). The molecule has 140 valence electrons. The minimum atomic E-state index is -1.09. The topological polar surface area (TPSA) is 105 Å². The predicted octanol–water partition coefficient (Wildman–Crippen LogP) is 3.32. The van der Waals surface area contributed by atoms with Crippen LogP contribution in [0.5, 0.6) is 23.4 Å². The fourth-order valence-corrected chi connectivity index (χ4v) is 2.69. The van der Waals surface area contributed by atoms with E-state index < -0.39 is 5.97 Å². The lowest BCUT2D eigenvalue weighted by atomic mass is 10.2. The van der Waals surface area contributed by atoms with Crippen molar-refractivity contribution in [1.29, 1.82) is 0 Å². The van der Waals surface area contributed by atoms with Gasteiger partial charge in [0.2, 0.25) is 5.88 Å². The maximum absolute atomic E-state index is 10.8. The highest BCUT2D eigenvalue weighted by molar-refractivity contribution is 5.71. The Labute approximate surface area is 156 Å². The van der Waals surface area contributed by atoms with Crippen molar-refractivity contribution in [2.45, 2.75) is 26.3 Å². The maximum Gasteiger partial charge on any atom is 0.308 e. The van der Waals surface area contributed by atoms with E-state index in [1.54, 1.807) is 18.3 Å². The average Bonchev–Trinajstić information content (AvgIpc) is 2.91. The number of aliphatic carboxylic acids is 1. The Kier molecular flexibility index (Phi) is 5.30. The highest BCUT2D eigenvalue weighted by atomic mass is 16.5. The van der Waals surface area contributed by atoms with Gasteiger partial charge in [-0.1, -0.05) is 25.1 Å². The Balaban J connectivity index is 1.70. The first-order chi connectivity index (χ1) is 13.0. The van der Waals surface area contributed by atoms with Gasteiger partial charge < -0.3 is 20.1 Å². The Hall–Kier alpha value is -3.48. The Morgan fingerprint density at radius 1 is 1.11 bits per heavy atom. The lowest BCUT2D eigenvalue weighted by Crippen LogP contribution is -2.02. The first-order valence-electron chi connectivity index (χ1n) is 8.50. The summed E-state index contributed by atoms with van der Waals surface area (Å²) in [6.45, 7) is 2.23. The fourth-order valence-electron chi connectivity index (χ4n) is 2.69. The number of ether oxygens (including phenoxy) is 1. The number of hydrogen-bond acceptors (Lipinski definition) is 5. The summed E-state index contributed by atoms with van der Waals surface area (Å²) in [5.74, 6) is -0.453. The van der Waals surface area contributed by atoms with E-state index >= 15 is 0 Å². The minimum absolute atomic E-state index is 0.149. The predicted molar refractivity (Wildman–Crippen MR) is 98.3 cm³/mol. The number of nitrogens with zero attached hydrogens (tertiary/aromatic N) is 2. The van der Waals surface area contributed by atoms with Gasteiger partial charge in [-0.15, -0.1) is 0 Å².